The van der Waals surface area contributed by atoms with Gasteiger partial charge in [0.1, 0.15) is 12.2 Å². The first-order valence-corrected chi connectivity index (χ1v) is 11.6. The third-order valence-corrected chi connectivity index (χ3v) is 7.15. The summed E-state index contributed by atoms with van der Waals surface area (Å²) in [4.78, 5) is 44.2. The largest absolute Gasteiger partial charge is 0.355 e. The number of para-hydroxylation sites is 1. The van der Waals surface area contributed by atoms with Crippen molar-refractivity contribution in [3.05, 3.63) is 29.8 Å². The second-order valence-electron chi connectivity index (χ2n) is 9.44. The van der Waals surface area contributed by atoms with Crippen molar-refractivity contribution in [3.63, 3.8) is 0 Å². The zero-order chi connectivity index (χ0) is 22.0. The smallest absolute Gasteiger partial charge is 0.258 e. The summed E-state index contributed by atoms with van der Waals surface area (Å²) in [5, 5.41) is 2.97. The van der Waals surface area contributed by atoms with Crippen molar-refractivity contribution in [3.8, 4) is 0 Å². The Hall–Kier alpha value is -2.41. The Bertz CT molecular complexity index is 849. The number of hydrogen-bond donors (Lipinski definition) is 1. The highest BCUT2D eigenvalue weighted by molar-refractivity contribution is 6.11. The summed E-state index contributed by atoms with van der Waals surface area (Å²) in [5.41, 5.74) is 0.353. The average molecular weight is 427 g/mol. The quantitative estimate of drug-likeness (QED) is 0.681. The minimum Gasteiger partial charge on any atom is -0.355 e. The lowest BCUT2D eigenvalue weighted by Crippen LogP contribution is -2.63. The second kappa shape index (κ2) is 8.99. The Kier molecular flexibility index (Phi) is 6.32. The average Bonchev–Trinajstić information content (AvgIpc) is 3.07. The van der Waals surface area contributed by atoms with Gasteiger partial charge in [0.2, 0.25) is 11.8 Å². The highest BCUT2D eigenvalue weighted by Gasteiger charge is 2.53. The third kappa shape index (κ3) is 4.33. The van der Waals surface area contributed by atoms with E-state index in [4.69, 9.17) is 0 Å². The Morgan fingerprint density at radius 2 is 1.90 bits per heavy atom. The van der Waals surface area contributed by atoms with Crippen molar-refractivity contribution in [2.75, 3.05) is 37.6 Å². The molecule has 1 unspecified atom stereocenters. The highest BCUT2D eigenvalue weighted by Crippen LogP contribution is 2.43. The van der Waals surface area contributed by atoms with Crippen LogP contribution in [0.3, 0.4) is 0 Å². The number of nitrogens with one attached hydrogen (secondary N) is 1. The maximum atomic E-state index is 13.2. The van der Waals surface area contributed by atoms with Gasteiger partial charge in [0.25, 0.3) is 5.91 Å². The molecule has 3 amide bonds. The Labute approximate surface area is 184 Å². The Morgan fingerprint density at radius 1 is 1.16 bits per heavy atom. The molecule has 0 aliphatic carbocycles. The van der Waals surface area contributed by atoms with Crippen LogP contribution in [0.15, 0.2) is 24.3 Å². The minimum absolute atomic E-state index is 0.0000328. The number of piperidine rings is 1. The Balaban J connectivity index is 1.31. The number of benzene rings is 1. The number of unbranched alkanes of at least 4 members (excludes halogenated alkanes) is 1. The van der Waals surface area contributed by atoms with Gasteiger partial charge in [-0.15, -0.1) is 0 Å². The molecule has 0 spiro atoms. The molecule has 4 rings (SSSR count). The summed E-state index contributed by atoms with van der Waals surface area (Å²) in [5.74, 6) is 0.492. The molecule has 7 nitrogen and oxygen atoms in total. The van der Waals surface area contributed by atoms with Gasteiger partial charge in [-0.25, -0.2) is 0 Å². The van der Waals surface area contributed by atoms with E-state index in [1.807, 2.05) is 19.1 Å². The second-order valence-corrected chi connectivity index (χ2v) is 9.44. The molecule has 1 atom stereocenters. The normalized spacial score (nSPS) is 24.3. The monoisotopic (exact) mass is 426 g/mol. The number of rotatable bonds is 7. The van der Waals surface area contributed by atoms with Crippen molar-refractivity contribution in [1.29, 1.82) is 0 Å². The van der Waals surface area contributed by atoms with Crippen LogP contribution in [0.4, 0.5) is 5.69 Å². The van der Waals surface area contributed by atoms with Gasteiger partial charge in [-0.3, -0.25) is 19.3 Å². The van der Waals surface area contributed by atoms with Gasteiger partial charge in [-0.1, -0.05) is 19.1 Å². The van der Waals surface area contributed by atoms with E-state index in [2.05, 4.69) is 17.1 Å². The van der Waals surface area contributed by atoms with Crippen molar-refractivity contribution < 1.29 is 14.4 Å². The predicted octanol–water partition coefficient (Wildman–Crippen LogP) is 2.61. The number of fused-ring (bicyclic) bond motifs is 3. The predicted molar refractivity (Wildman–Crippen MR) is 120 cm³/mol. The molecule has 1 aromatic rings. The summed E-state index contributed by atoms with van der Waals surface area (Å²) in [6.07, 6.45) is 5.46. The number of carbonyl (C=O) groups is 3. The van der Waals surface area contributed by atoms with E-state index < -0.39 is 5.66 Å². The summed E-state index contributed by atoms with van der Waals surface area (Å²) in [6.45, 7) is 8.23. The van der Waals surface area contributed by atoms with Crippen molar-refractivity contribution in [2.45, 2.75) is 58.0 Å². The van der Waals surface area contributed by atoms with E-state index in [0.29, 0.717) is 30.6 Å². The molecule has 0 saturated carbocycles. The Morgan fingerprint density at radius 3 is 2.68 bits per heavy atom. The number of anilines is 1. The number of carbonyl (C=O) groups excluding carboxylic acids is 3. The maximum absolute atomic E-state index is 13.2. The standard InChI is InChI=1S/C24H34N4O3/c1-18-10-15-26(16-11-18)14-6-5-13-25-21(29)17-27-23(31)19-7-3-4-8-20(19)28-22(30)9-12-24(27,28)2/h3-4,7-8,18H,5-6,9-17H2,1-2H3,(H,25,29). The van der Waals surface area contributed by atoms with Crippen LogP contribution in [0.1, 0.15) is 62.7 Å². The van der Waals surface area contributed by atoms with Gasteiger partial charge in [-0.05, 0) is 76.7 Å². The van der Waals surface area contributed by atoms with Gasteiger partial charge in [0, 0.05) is 13.0 Å². The first-order valence-electron chi connectivity index (χ1n) is 11.6. The lowest BCUT2D eigenvalue weighted by Gasteiger charge is -2.48. The number of hydrogen-bond acceptors (Lipinski definition) is 4. The van der Waals surface area contributed by atoms with Gasteiger partial charge in [0.05, 0.1) is 11.3 Å². The summed E-state index contributed by atoms with van der Waals surface area (Å²) >= 11 is 0. The van der Waals surface area contributed by atoms with Gasteiger partial charge >= 0.3 is 0 Å². The molecule has 0 radical (unpaired) electrons. The molecule has 3 aliphatic rings. The van der Waals surface area contributed by atoms with E-state index in [9.17, 15) is 14.4 Å². The van der Waals surface area contributed by atoms with Crippen LogP contribution in [0.2, 0.25) is 0 Å². The van der Waals surface area contributed by atoms with Crippen molar-refractivity contribution in [1.82, 2.24) is 15.1 Å². The molecular formula is C24H34N4O3. The summed E-state index contributed by atoms with van der Waals surface area (Å²) in [7, 11) is 0. The molecule has 0 bridgehead atoms. The van der Waals surface area contributed by atoms with E-state index in [0.717, 1.165) is 25.3 Å². The molecule has 31 heavy (non-hydrogen) atoms. The van der Waals surface area contributed by atoms with Crippen LogP contribution in [-0.2, 0) is 9.59 Å². The molecule has 168 valence electrons. The molecule has 1 N–H and O–H groups in total. The number of nitrogens with zero attached hydrogens (tertiary/aromatic N) is 3. The fourth-order valence-corrected chi connectivity index (χ4v) is 5.11. The molecule has 1 aromatic carbocycles. The number of likely N-dealkylation sites (tertiary alicyclic amines) is 1. The highest BCUT2D eigenvalue weighted by atomic mass is 16.2. The lowest BCUT2D eigenvalue weighted by atomic mass is 9.98. The first kappa shape index (κ1) is 21.8. The SMILES string of the molecule is CC1CCN(CCCCNC(=O)CN2C(=O)c3ccccc3N3C(=O)CCC23C)CC1. The van der Waals surface area contributed by atoms with Crippen LogP contribution < -0.4 is 10.2 Å². The zero-order valence-corrected chi connectivity index (χ0v) is 18.7. The van der Waals surface area contributed by atoms with Gasteiger partial charge in [-0.2, -0.15) is 0 Å². The van der Waals surface area contributed by atoms with E-state index in [1.54, 1.807) is 21.9 Å². The molecule has 7 heteroatoms. The molecule has 2 fully saturated rings. The van der Waals surface area contributed by atoms with Gasteiger partial charge < -0.3 is 15.1 Å². The number of amides is 3. The fourth-order valence-electron chi connectivity index (χ4n) is 5.11. The fraction of sp³-hybridized carbons (Fsp3) is 0.625. The molecule has 3 heterocycles. The zero-order valence-electron chi connectivity index (χ0n) is 18.7. The van der Waals surface area contributed by atoms with Crippen molar-refractivity contribution in [2.24, 2.45) is 5.92 Å². The molecular weight excluding hydrogens is 392 g/mol. The molecule has 2 saturated heterocycles. The van der Waals surface area contributed by atoms with Crippen LogP contribution >= 0.6 is 0 Å². The summed E-state index contributed by atoms with van der Waals surface area (Å²) in [6, 6.07) is 7.18. The topological polar surface area (TPSA) is 73.0 Å². The molecule has 3 aliphatic heterocycles. The summed E-state index contributed by atoms with van der Waals surface area (Å²) < 4.78 is 0. The molecule has 0 aromatic heterocycles. The maximum Gasteiger partial charge on any atom is 0.258 e. The van der Waals surface area contributed by atoms with Crippen LogP contribution in [0.5, 0.6) is 0 Å². The van der Waals surface area contributed by atoms with Crippen LogP contribution in [0, 0.1) is 5.92 Å². The van der Waals surface area contributed by atoms with E-state index in [1.165, 1.54) is 25.9 Å². The van der Waals surface area contributed by atoms with Crippen molar-refractivity contribution >= 4 is 23.4 Å². The lowest BCUT2D eigenvalue weighted by molar-refractivity contribution is -0.124. The van der Waals surface area contributed by atoms with Crippen LogP contribution in [0.25, 0.3) is 0 Å². The van der Waals surface area contributed by atoms with E-state index in [-0.39, 0.29) is 24.3 Å². The third-order valence-electron chi connectivity index (χ3n) is 7.15. The van der Waals surface area contributed by atoms with E-state index >= 15 is 0 Å². The first-order chi connectivity index (χ1) is 14.9. The minimum atomic E-state index is -0.786. The van der Waals surface area contributed by atoms with Crippen LogP contribution in [-0.4, -0.2) is 65.9 Å². The van der Waals surface area contributed by atoms with Gasteiger partial charge in [0.15, 0.2) is 0 Å².